The van der Waals surface area contributed by atoms with Crippen molar-refractivity contribution < 1.29 is 28.2 Å². The van der Waals surface area contributed by atoms with E-state index in [0.29, 0.717) is 23.8 Å². The number of ether oxygens (including phenoxy) is 2. The molecule has 0 amide bonds. The van der Waals surface area contributed by atoms with E-state index in [1.165, 1.54) is 13.2 Å². The summed E-state index contributed by atoms with van der Waals surface area (Å²) in [5, 5.41) is 10.7. The van der Waals surface area contributed by atoms with Crippen molar-refractivity contribution in [2.24, 2.45) is 0 Å². The second-order valence-corrected chi connectivity index (χ2v) is 9.65. The lowest BCUT2D eigenvalue weighted by molar-refractivity contribution is -0.141. The number of hydrogen-bond donors (Lipinski definition) is 1. The number of carbonyl (C=O) groups excluding carboxylic acids is 1. The Bertz CT molecular complexity index is 1490. The van der Waals surface area contributed by atoms with Gasteiger partial charge in [0, 0.05) is 43.5 Å². The lowest BCUT2D eigenvalue weighted by atomic mass is 9.98. The molecule has 0 radical (unpaired) electrons. The molecular weight excluding hydrogens is 512 g/mol. The topological polar surface area (TPSA) is 106 Å². The normalized spacial score (nSPS) is 14.6. The third kappa shape index (κ3) is 6.05. The molecule has 0 spiro atoms. The number of benzene rings is 2. The molecule has 5 rings (SSSR count). The van der Waals surface area contributed by atoms with Crippen LogP contribution in [0.4, 0.5) is 5.69 Å². The van der Waals surface area contributed by atoms with Gasteiger partial charge < -0.3 is 28.3 Å². The SMILES string of the molecule is COC(=O)C[C@@H](c1ccc(-c2ccccc2)o1)c1oc(CN2CCN(c3ccc(OC)cc3)CC2)cc(=O)c1O. The molecular formula is C31H32N2O7. The van der Waals surface area contributed by atoms with E-state index in [9.17, 15) is 14.7 Å². The van der Waals surface area contributed by atoms with Crippen molar-refractivity contribution in [3.05, 3.63) is 100 Å². The highest BCUT2D eigenvalue weighted by molar-refractivity contribution is 5.71. The number of carbonyl (C=O) groups is 1. The van der Waals surface area contributed by atoms with E-state index in [2.05, 4.69) is 9.80 Å². The largest absolute Gasteiger partial charge is 0.502 e. The number of furan rings is 1. The van der Waals surface area contributed by atoms with Crippen molar-refractivity contribution in [3.8, 4) is 22.8 Å². The molecule has 2 aromatic heterocycles. The molecule has 208 valence electrons. The van der Waals surface area contributed by atoms with E-state index in [0.717, 1.165) is 43.2 Å². The van der Waals surface area contributed by atoms with E-state index < -0.39 is 23.1 Å². The maximum atomic E-state index is 12.8. The van der Waals surface area contributed by atoms with Crippen LogP contribution in [-0.4, -0.2) is 56.4 Å². The lowest BCUT2D eigenvalue weighted by Crippen LogP contribution is -2.46. The number of piperazine rings is 1. The van der Waals surface area contributed by atoms with E-state index in [1.54, 1.807) is 19.2 Å². The van der Waals surface area contributed by atoms with Crippen molar-refractivity contribution in [2.75, 3.05) is 45.3 Å². The molecule has 2 aromatic carbocycles. The number of methoxy groups -OCH3 is 2. The summed E-state index contributed by atoms with van der Waals surface area (Å²) in [6.07, 6.45) is -0.168. The number of aromatic hydroxyl groups is 1. The molecule has 0 bridgehead atoms. The van der Waals surface area contributed by atoms with Crippen LogP contribution in [0.25, 0.3) is 11.3 Å². The van der Waals surface area contributed by atoms with Crippen LogP contribution in [0.2, 0.25) is 0 Å². The summed E-state index contributed by atoms with van der Waals surface area (Å²) in [5.41, 5.74) is 1.41. The molecule has 1 saturated heterocycles. The van der Waals surface area contributed by atoms with E-state index >= 15 is 0 Å². The van der Waals surface area contributed by atoms with Crippen LogP contribution in [0, 0.1) is 0 Å². The minimum Gasteiger partial charge on any atom is -0.502 e. The highest BCUT2D eigenvalue weighted by Gasteiger charge is 2.30. The number of anilines is 1. The van der Waals surface area contributed by atoms with Crippen molar-refractivity contribution in [1.82, 2.24) is 4.90 Å². The van der Waals surface area contributed by atoms with Crippen LogP contribution < -0.4 is 15.1 Å². The maximum Gasteiger partial charge on any atom is 0.306 e. The van der Waals surface area contributed by atoms with E-state index in [1.807, 2.05) is 54.6 Å². The van der Waals surface area contributed by atoms with Crippen molar-refractivity contribution in [2.45, 2.75) is 18.9 Å². The number of esters is 1. The fourth-order valence-electron chi connectivity index (χ4n) is 4.92. The predicted octanol–water partition coefficient (Wildman–Crippen LogP) is 4.63. The Hall–Kier alpha value is -4.50. The Labute approximate surface area is 232 Å². The lowest BCUT2D eigenvalue weighted by Gasteiger charge is -2.35. The molecule has 9 heteroatoms. The van der Waals surface area contributed by atoms with E-state index in [4.69, 9.17) is 18.3 Å². The number of nitrogens with zero attached hydrogens (tertiary/aromatic N) is 2. The highest BCUT2D eigenvalue weighted by atomic mass is 16.5. The molecule has 9 nitrogen and oxygen atoms in total. The molecule has 0 unspecified atom stereocenters. The molecule has 1 fully saturated rings. The Balaban J connectivity index is 1.36. The Morgan fingerprint density at radius 2 is 1.68 bits per heavy atom. The molecule has 1 aliphatic heterocycles. The standard InChI is InChI=1S/C31H32N2O7/c1-37-23-10-8-22(9-11-23)33-16-14-32(15-17-33)20-24-18-26(34)30(36)31(39-24)25(19-29(35)38-2)28-13-12-27(40-28)21-6-4-3-5-7-21/h3-13,18,25,36H,14-17,19-20H2,1-2H3/t25-/m0/s1. The van der Waals surface area contributed by atoms with Crippen LogP contribution in [0.5, 0.6) is 11.5 Å². The van der Waals surface area contributed by atoms with Gasteiger partial charge in [0.2, 0.25) is 11.2 Å². The summed E-state index contributed by atoms with van der Waals surface area (Å²) < 4.78 is 22.3. The van der Waals surface area contributed by atoms with Gasteiger partial charge in [0.1, 0.15) is 23.0 Å². The first-order valence-electron chi connectivity index (χ1n) is 13.1. The average Bonchev–Trinajstić information content (AvgIpc) is 3.49. The summed E-state index contributed by atoms with van der Waals surface area (Å²) >= 11 is 0. The quantitative estimate of drug-likeness (QED) is 0.302. The fraction of sp³-hybridized carbons (Fsp3) is 0.290. The molecule has 1 aliphatic rings. The van der Waals surface area contributed by atoms with Gasteiger partial charge in [-0.3, -0.25) is 14.5 Å². The van der Waals surface area contributed by atoms with Gasteiger partial charge in [0.05, 0.1) is 33.1 Å². The third-order valence-corrected chi connectivity index (χ3v) is 7.13. The van der Waals surface area contributed by atoms with Crippen molar-refractivity contribution >= 4 is 11.7 Å². The van der Waals surface area contributed by atoms with Gasteiger partial charge in [-0.1, -0.05) is 30.3 Å². The molecule has 40 heavy (non-hydrogen) atoms. The summed E-state index contributed by atoms with van der Waals surface area (Å²) in [7, 11) is 2.93. The first kappa shape index (κ1) is 27.1. The summed E-state index contributed by atoms with van der Waals surface area (Å²) in [6.45, 7) is 3.52. The number of hydrogen-bond acceptors (Lipinski definition) is 9. The zero-order chi connectivity index (χ0) is 28.1. The Morgan fingerprint density at radius 1 is 0.950 bits per heavy atom. The summed E-state index contributed by atoms with van der Waals surface area (Å²) in [5.74, 6) is 0.274. The second-order valence-electron chi connectivity index (χ2n) is 9.65. The van der Waals surface area contributed by atoms with Crippen LogP contribution >= 0.6 is 0 Å². The van der Waals surface area contributed by atoms with Gasteiger partial charge in [0.15, 0.2) is 5.76 Å². The maximum absolute atomic E-state index is 12.8. The first-order chi connectivity index (χ1) is 19.4. The van der Waals surface area contributed by atoms with Gasteiger partial charge in [0.25, 0.3) is 0 Å². The van der Waals surface area contributed by atoms with Gasteiger partial charge in [-0.2, -0.15) is 0 Å². The first-order valence-corrected chi connectivity index (χ1v) is 13.1. The van der Waals surface area contributed by atoms with Crippen molar-refractivity contribution in [3.63, 3.8) is 0 Å². The summed E-state index contributed by atoms with van der Waals surface area (Å²) in [6, 6.07) is 22.3. The van der Waals surface area contributed by atoms with Crippen LogP contribution in [0.3, 0.4) is 0 Å². The summed E-state index contributed by atoms with van der Waals surface area (Å²) in [4.78, 5) is 29.6. The minimum atomic E-state index is -0.843. The zero-order valence-corrected chi connectivity index (χ0v) is 22.5. The van der Waals surface area contributed by atoms with Gasteiger partial charge >= 0.3 is 5.97 Å². The molecule has 0 saturated carbocycles. The van der Waals surface area contributed by atoms with Gasteiger partial charge in [-0.05, 0) is 36.4 Å². The molecule has 3 heterocycles. The highest BCUT2D eigenvalue weighted by Crippen LogP contribution is 2.36. The van der Waals surface area contributed by atoms with E-state index in [-0.39, 0.29) is 12.2 Å². The van der Waals surface area contributed by atoms with Gasteiger partial charge in [-0.15, -0.1) is 0 Å². The number of rotatable bonds is 9. The molecule has 1 atom stereocenters. The smallest absolute Gasteiger partial charge is 0.306 e. The zero-order valence-electron chi connectivity index (χ0n) is 22.5. The molecule has 0 aliphatic carbocycles. The monoisotopic (exact) mass is 544 g/mol. The average molecular weight is 545 g/mol. The van der Waals surface area contributed by atoms with Crippen LogP contribution in [0.1, 0.15) is 29.6 Å². The molecule has 4 aromatic rings. The van der Waals surface area contributed by atoms with Gasteiger partial charge in [-0.25, -0.2) is 0 Å². The second kappa shape index (κ2) is 12.1. The molecule has 1 N–H and O–H groups in total. The Kier molecular flexibility index (Phi) is 8.21. The van der Waals surface area contributed by atoms with Crippen molar-refractivity contribution in [1.29, 1.82) is 0 Å². The fourth-order valence-corrected chi connectivity index (χ4v) is 4.92. The third-order valence-electron chi connectivity index (χ3n) is 7.13. The minimum absolute atomic E-state index is 0.0151. The predicted molar refractivity (Wildman–Crippen MR) is 150 cm³/mol. The Morgan fingerprint density at radius 3 is 2.35 bits per heavy atom. The van der Waals surface area contributed by atoms with Crippen LogP contribution in [0.15, 0.2) is 86.4 Å². The van der Waals surface area contributed by atoms with Crippen LogP contribution in [-0.2, 0) is 16.1 Å².